The van der Waals surface area contributed by atoms with E-state index in [0.717, 1.165) is 56.9 Å². The molecule has 23 heavy (non-hydrogen) atoms. The highest BCUT2D eigenvalue weighted by Crippen LogP contribution is 2.28. The second kappa shape index (κ2) is 6.98. The number of nitrogens with one attached hydrogen (secondary N) is 1. The van der Waals surface area contributed by atoms with Gasteiger partial charge in [0.2, 0.25) is 0 Å². The minimum absolute atomic E-state index is 0.589. The first-order chi connectivity index (χ1) is 11.4. The van der Waals surface area contributed by atoms with Crippen LogP contribution in [0.1, 0.15) is 29.5 Å². The fourth-order valence-electron chi connectivity index (χ4n) is 3.36. The van der Waals surface area contributed by atoms with Crippen LogP contribution in [0.3, 0.4) is 0 Å². The highest BCUT2D eigenvalue weighted by molar-refractivity contribution is 7.15. The fourth-order valence-corrected chi connectivity index (χ4v) is 4.36. The molecule has 2 fully saturated rings. The van der Waals surface area contributed by atoms with Crippen molar-refractivity contribution in [1.82, 2.24) is 19.9 Å². The van der Waals surface area contributed by atoms with Gasteiger partial charge in [0.15, 0.2) is 5.13 Å². The number of hydrogen-bond donors (Lipinski definition) is 1. The summed E-state index contributed by atoms with van der Waals surface area (Å²) in [5, 5.41) is 1.15. The summed E-state index contributed by atoms with van der Waals surface area (Å²) in [5.41, 5.74) is 0. The lowest BCUT2D eigenvalue weighted by molar-refractivity contribution is 0.122. The quantitative estimate of drug-likeness (QED) is 0.928. The highest BCUT2D eigenvalue weighted by atomic mass is 32.1. The van der Waals surface area contributed by atoms with Gasteiger partial charge in [0.25, 0.3) is 0 Å². The number of likely N-dealkylation sites (tertiary alicyclic amines) is 1. The van der Waals surface area contributed by atoms with Crippen molar-refractivity contribution >= 4 is 16.5 Å². The van der Waals surface area contributed by atoms with Gasteiger partial charge in [0, 0.05) is 49.0 Å². The van der Waals surface area contributed by atoms with E-state index < -0.39 is 0 Å². The maximum atomic E-state index is 5.41. The van der Waals surface area contributed by atoms with Crippen LogP contribution in [0.4, 0.5) is 5.13 Å². The van der Waals surface area contributed by atoms with Gasteiger partial charge in [-0.2, -0.15) is 0 Å². The molecule has 0 saturated carbocycles. The second-order valence-corrected chi connectivity index (χ2v) is 7.33. The van der Waals surface area contributed by atoms with Crippen LogP contribution in [-0.2, 0) is 11.3 Å². The molecule has 1 N–H and O–H groups in total. The van der Waals surface area contributed by atoms with E-state index in [2.05, 4.69) is 24.8 Å². The summed E-state index contributed by atoms with van der Waals surface area (Å²) in [6, 6.07) is 0. The Bertz CT molecular complexity index is 600. The number of aromatic amines is 1. The van der Waals surface area contributed by atoms with E-state index in [4.69, 9.17) is 4.74 Å². The number of hydrogen-bond acceptors (Lipinski definition) is 6. The number of piperidine rings is 1. The zero-order valence-electron chi connectivity index (χ0n) is 13.3. The SMILES string of the molecule is c1c[nH]c(C2CCN(Cc3cnc(N4CCOCC4)s3)CC2)n1. The van der Waals surface area contributed by atoms with Gasteiger partial charge >= 0.3 is 0 Å². The molecule has 0 spiro atoms. The summed E-state index contributed by atoms with van der Waals surface area (Å²) >= 11 is 1.83. The molecule has 6 nitrogen and oxygen atoms in total. The summed E-state index contributed by atoms with van der Waals surface area (Å²) in [7, 11) is 0. The Balaban J connectivity index is 1.30. The highest BCUT2D eigenvalue weighted by Gasteiger charge is 2.23. The van der Waals surface area contributed by atoms with Crippen LogP contribution >= 0.6 is 11.3 Å². The number of ether oxygens (including phenoxy) is 1. The van der Waals surface area contributed by atoms with Crippen molar-refractivity contribution in [2.24, 2.45) is 0 Å². The van der Waals surface area contributed by atoms with Crippen molar-refractivity contribution in [2.45, 2.75) is 25.3 Å². The lowest BCUT2D eigenvalue weighted by Gasteiger charge is -2.30. The third-order valence-electron chi connectivity index (χ3n) is 4.70. The lowest BCUT2D eigenvalue weighted by Crippen LogP contribution is -2.36. The second-order valence-electron chi connectivity index (χ2n) is 6.23. The van der Waals surface area contributed by atoms with Crippen molar-refractivity contribution in [2.75, 3.05) is 44.3 Å². The molecule has 2 saturated heterocycles. The molecule has 0 bridgehead atoms. The van der Waals surface area contributed by atoms with Gasteiger partial charge in [-0.05, 0) is 25.9 Å². The Morgan fingerprint density at radius 2 is 2.00 bits per heavy atom. The van der Waals surface area contributed by atoms with Gasteiger partial charge in [-0.25, -0.2) is 9.97 Å². The van der Waals surface area contributed by atoms with Crippen molar-refractivity contribution in [3.63, 3.8) is 0 Å². The third-order valence-corrected chi connectivity index (χ3v) is 5.74. The minimum Gasteiger partial charge on any atom is -0.378 e. The Morgan fingerprint density at radius 1 is 1.17 bits per heavy atom. The lowest BCUT2D eigenvalue weighted by atomic mass is 9.96. The monoisotopic (exact) mass is 333 g/mol. The molecule has 0 unspecified atom stereocenters. The van der Waals surface area contributed by atoms with E-state index in [1.807, 2.05) is 29.9 Å². The molecule has 0 aliphatic carbocycles. The first kappa shape index (κ1) is 15.1. The molecule has 4 rings (SSSR count). The Hall–Kier alpha value is -1.44. The Morgan fingerprint density at radius 3 is 2.74 bits per heavy atom. The number of nitrogens with zero attached hydrogens (tertiary/aromatic N) is 4. The molecule has 0 aromatic carbocycles. The number of imidazole rings is 1. The first-order valence-corrected chi connectivity index (χ1v) is 9.19. The number of anilines is 1. The van der Waals surface area contributed by atoms with Gasteiger partial charge in [-0.15, -0.1) is 11.3 Å². The van der Waals surface area contributed by atoms with Crippen LogP contribution < -0.4 is 4.90 Å². The van der Waals surface area contributed by atoms with E-state index in [1.165, 1.54) is 17.7 Å². The van der Waals surface area contributed by atoms with Gasteiger partial charge in [-0.1, -0.05) is 0 Å². The van der Waals surface area contributed by atoms with E-state index in [1.54, 1.807) is 0 Å². The molecule has 4 heterocycles. The molecular weight excluding hydrogens is 310 g/mol. The predicted octanol–water partition coefficient (Wildman–Crippen LogP) is 2.08. The summed E-state index contributed by atoms with van der Waals surface area (Å²) < 4.78 is 5.41. The van der Waals surface area contributed by atoms with Crippen LogP contribution in [0, 0.1) is 0 Å². The Kier molecular flexibility index (Phi) is 4.59. The van der Waals surface area contributed by atoms with Crippen LogP contribution in [0.15, 0.2) is 18.6 Å². The summed E-state index contributed by atoms with van der Waals surface area (Å²) in [4.78, 5) is 18.5. The van der Waals surface area contributed by atoms with Crippen LogP contribution in [0.5, 0.6) is 0 Å². The molecule has 7 heteroatoms. The molecular formula is C16H23N5OS. The fraction of sp³-hybridized carbons (Fsp3) is 0.625. The van der Waals surface area contributed by atoms with Crippen LogP contribution in [0.25, 0.3) is 0 Å². The van der Waals surface area contributed by atoms with E-state index in [-0.39, 0.29) is 0 Å². The van der Waals surface area contributed by atoms with Crippen molar-refractivity contribution in [1.29, 1.82) is 0 Å². The van der Waals surface area contributed by atoms with Gasteiger partial charge < -0.3 is 14.6 Å². The normalized spacial score (nSPS) is 21.0. The standard InChI is InChI=1S/C16H23N5OS/c1-5-20(6-2-13(1)15-17-3-4-18-15)12-14-11-19-16(23-14)21-7-9-22-10-8-21/h3-4,11,13H,1-2,5-10,12H2,(H,17,18). The molecule has 0 atom stereocenters. The predicted molar refractivity (Wildman–Crippen MR) is 91.0 cm³/mol. The molecule has 0 radical (unpaired) electrons. The average molecular weight is 333 g/mol. The molecule has 2 aliphatic heterocycles. The van der Waals surface area contributed by atoms with Crippen LogP contribution in [-0.4, -0.2) is 59.2 Å². The number of rotatable bonds is 4. The summed E-state index contributed by atoms with van der Waals surface area (Å²) in [5.74, 6) is 1.74. The molecule has 2 aromatic rings. The zero-order chi connectivity index (χ0) is 15.5. The first-order valence-electron chi connectivity index (χ1n) is 8.37. The van der Waals surface area contributed by atoms with Crippen molar-refractivity contribution < 1.29 is 4.74 Å². The number of aromatic nitrogens is 3. The number of thiazole rings is 1. The minimum atomic E-state index is 0.589. The van der Waals surface area contributed by atoms with Gasteiger partial charge in [0.1, 0.15) is 5.82 Å². The smallest absolute Gasteiger partial charge is 0.185 e. The van der Waals surface area contributed by atoms with Crippen LogP contribution in [0.2, 0.25) is 0 Å². The topological polar surface area (TPSA) is 57.3 Å². The van der Waals surface area contributed by atoms with E-state index >= 15 is 0 Å². The van der Waals surface area contributed by atoms with Gasteiger partial charge in [0.05, 0.1) is 13.2 Å². The molecule has 124 valence electrons. The summed E-state index contributed by atoms with van der Waals surface area (Å²) in [6.07, 6.45) is 8.19. The van der Waals surface area contributed by atoms with Crippen molar-refractivity contribution in [3.05, 3.63) is 29.3 Å². The summed E-state index contributed by atoms with van der Waals surface area (Å²) in [6.45, 7) is 6.84. The van der Waals surface area contributed by atoms with E-state index in [0.29, 0.717) is 5.92 Å². The molecule has 2 aliphatic rings. The van der Waals surface area contributed by atoms with Gasteiger partial charge in [-0.3, -0.25) is 4.90 Å². The maximum absolute atomic E-state index is 5.41. The maximum Gasteiger partial charge on any atom is 0.185 e. The Labute approximate surface area is 140 Å². The molecule has 2 aromatic heterocycles. The van der Waals surface area contributed by atoms with Crippen molar-refractivity contribution in [3.8, 4) is 0 Å². The average Bonchev–Trinajstić information content (AvgIpc) is 3.28. The largest absolute Gasteiger partial charge is 0.378 e. The number of morpholine rings is 1. The third kappa shape index (κ3) is 3.57. The van der Waals surface area contributed by atoms with E-state index in [9.17, 15) is 0 Å². The molecule has 0 amide bonds. The number of H-pyrrole nitrogens is 1. The zero-order valence-corrected chi connectivity index (χ0v) is 14.1.